The minimum absolute atomic E-state index is 0.0440. The summed E-state index contributed by atoms with van der Waals surface area (Å²) in [6, 6.07) is 0. The Morgan fingerprint density at radius 1 is 1.11 bits per heavy atom. The van der Waals surface area contributed by atoms with Crippen molar-refractivity contribution >= 4 is 8.07 Å². The number of hydrogen-bond donors (Lipinski definition) is 1. The lowest BCUT2D eigenvalue weighted by Gasteiger charge is -2.26. The molecule has 0 bridgehead atoms. The van der Waals surface area contributed by atoms with Gasteiger partial charge in [0.15, 0.2) is 0 Å². The van der Waals surface area contributed by atoms with Gasteiger partial charge in [0.05, 0.1) is 8.07 Å². The minimum Gasteiger partial charge on any atom is -0.396 e. The Hall–Kier alpha value is 0.177. The first kappa shape index (κ1) is 9.18. The van der Waals surface area contributed by atoms with E-state index in [0.717, 1.165) is 0 Å². The molecule has 0 spiro atoms. The molecule has 0 heterocycles. The van der Waals surface area contributed by atoms with E-state index in [4.69, 9.17) is 0 Å². The van der Waals surface area contributed by atoms with Crippen LogP contribution < -0.4 is 0 Å². The van der Waals surface area contributed by atoms with Crippen LogP contribution in [0.5, 0.6) is 0 Å². The van der Waals surface area contributed by atoms with Crippen LogP contribution in [0.25, 0.3) is 0 Å². The molecule has 1 unspecified atom stereocenters. The van der Waals surface area contributed by atoms with E-state index >= 15 is 0 Å². The molecule has 0 saturated heterocycles. The van der Waals surface area contributed by atoms with Crippen LogP contribution in [-0.2, 0) is 0 Å². The van der Waals surface area contributed by atoms with Crippen molar-refractivity contribution in [2.24, 2.45) is 5.92 Å². The van der Waals surface area contributed by atoms with Crippen molar-refractivity contribution in [3.63, 3.8) is 0 Å². The van der Waals surface area contributed by atoms with Crippen LogP contribution in [-0.4, -0.2) is 18.9 Å². The van der Waals surface area contributed by atoms with Crippen molar-refractivity contribution < 1.29 is 5.11 Å². The van der Waals surface area contributed by atoms with E-state index < -0.39 is 8.07 Å². The maximum absolute atomic E-state index is 9.52. The Morgan fingerprint density at radius 2 is 1.44 bits per heavy atom. The highest BCUT2D eigenvalue weighted by Crippen LogP contribution is 2.14. The summed E-state index contributed by atoms with van der Waals surface area (Å²) in [4.78, 5) is 0. The maximum Gasteiger partial charge on any atom is 0.0784 e. The molecular formula is C7H18OSi. The molecule has 0 radical (unpaired) electrons. The summed E-state index contributed by atoms with van der Waals surface area (Å²) in [5, 5.41) is 9.52. The van der Waals surface area contributed by atoms with Gasteiger partial charge in [-0.25, -0.2) is 0 Å². The molecule has 0 aliphatic carbocycles. The fraction of sp³-hybridized carbons (Fsp3) is 1.00. The van der Waals surface area contributed by atoms with E-state index in [1.54, 1.807) is 0 Å². The average molecular weight is 146 g/mol. The van der Waals surface area contributed by atoms with Crippen molar-refractivity contribution in [2.75, 3.05) is 0 Å². The van der Waals surface area contributed by atoms with Crippen molar-refractivity contribution in [2.45, 2.75) is 39.2 Å². The Bertz CT molecular complexity index is 83.4. The summed E-state index contributed by atoms with van der Waals surface area (Å²) in [6.07, 6.45) is 0. The first-order valence-corrected chi connectivity index (χ1v) is 7.11. The zero-order chi connectivity index (χ0) is 7.65. The van der Waals surface area contributed by atoms with Gasteiger partial charge in [0.25, 0.3) is 0 Å². The van der Waals surface area contributed by atoms with E-state index in [1.165, 1.54) is 0 Å². The van der Waals surface area contributed by atoms with Gasteiger partial charge in [-0.05, 0) is 5.92 Å². The zero-order valence-electron chi connectivity index (χ0n) is 7.10. The molecule has 0 aliphatic rings. The Morgan fingerprint density at radius 3 is 1.44 bits per heavy atom. The number of aliphatic hydroxyl groups excluding tert-OH is 1. The van der Waals surface area contributed by atoms with E-state index in [9.17, 15) is 5.11 Å². The third-order valence-electron chi connectivity index (χ3n) is 1.52. The summed E-state index contributed by atoms with van der Waals surface area (Å²) >= 11 is 0. The normalized spacial score (nSPS) is 16.3. The summed E-state index contributed by atoms with van der Waals surface area (Å²) in [5.41, 5.74) is -0.0440. The number of aliphatic hydroxyl groups is 1. The average Bonchev–Trinajstić information content (AvgIpc) is 1.62. The van der Waals surface area contributed by atoms with Crippen LogP contribution >= 0.6 is 0 Å². The van der Waals surface area contributed by atoms with E-state index in [-0.39, 0.29) is 5.73 Å². The van der Waals surface area contributed by atoms with E-state index in [1.807, 2.05) is 0 Å². The summed E-state index contributed by atoms with van der Waals surface area (Å²) in [7, 11) is -1.27. The van der Waals surface area contributed by atoms with Gasteiger partial charge in [0.1, 0.15) is 0 Å². The fourth-order valence-corrected chi connectivity index (χ4v) is 3.00. The number of rotatable bonds is 2. The predicted octanol–water partition coefficient (Wildman–Crippen LogP) is 1.88. The highest BCUT2D eigenvalue weighted by atomic mass is 28.3. The van der Waals surface area contributed by atoms with Gasteiger partial charge >= 0.3 is 0 Å². The van der Waals surface area contributed by atoms with E-state index in [0.29, 0.717) is 5.92 Å². The second-order valence-electron chi connectivity index (χ2n) is 4.05. The zero-order valence-corrected chi connectivity index (χ0v) is 8.10. The molecular weight excluding hydrogens is 128 g/mol. The predicted molar refractivity (Wildman–Crippen MR) is 44.2 cm³/mol. The van der Waals surface area contributed by atoms with Crippen molar-refractivity contribution in [1.29, 1.82) is 0 Å². The van der Waals surface area contributed by atoms with Crippen molar-refractivity contribution in [3.8, 4) is 0 Å². The molecule has 0 aromatic heterocycles. The molecule has 0 aromatic rings. The molecule has 0 aromatic carbocycles. The van der Waals surface area contributed by atoms with Crippen LogP contribution in [0.1, 0.15) is 13.8 Å². The molecule has 1 N–H and O–H groups in total. The molecule has 2 heteroatoms. The minimum atomic E-state index is -1.27. The highest BCUT2D eigenvalue weighted by Gasteiger charge is 2.26. The van der Waals surface area contributed by atoms with E-state index in [2.05, 4.69) is 33.5 Å². The van der Waals surface area contributed by atoms with Crippen molar-refractivity contribution in [1.82, 2.24) is 0 Å². The van der Waals surface area contributed by atoms with Crippen LogP contribution in [0.3, 0.4) is 0 Å². The first-order valence-electron chi connectivity index (χ1n) is 3.53. The van der Waals surface area contributed by atoms with Gasteiger partial charge in [-0.15, -0.1) is 0 Å². The molecule has 0 saturated carbocycles. The lowest BCUT2D eigenvalue weighted by atomic mass is 10.2. The third-order valence-corrected chi connectivity index (χ3v) is 3.96. The van der Waals surface area contributed by atoms with Crippen LogP contribution in [0, 0.1) is 5.92 Å². The van der Waals surface area contributed by atoms with Gasteiger partial charge < -0.3 is 5.11 Å². The van der Waals surface area contributed by atoms with Crippen LogP contribution in [0.4, 0.5) is 0 Å². The maximum atomic E-state index is 9.52. The van der Waals surface area contributed by atoms with Gasteiger partial charge in [-0.1, -0.05) is 33.5 Å². The topological polar surface area (TPSA) is 20.2 Å². The number of hydrogen-bond acceptors (Lipinski definition) is 1. The Labute approximate surface area is 59.1 Å². The Kier molecular flexibility index (Phi) is 2.90. The molecule has 56 valence electrons. The summed E-state index contributed by atoms with van der Waals surface area (Å²) in [6.45, 7) is 10.7. The highest BCUT2D eigenvalue weighted by molar-refractivity contribution is 6.77. The molecule has 0 rings (SSSR count). The summed E-state index contributed by atoms with van der Waals surface area (Å²) < 4.78 is 0. The third kappa shape index (κ3) is 3.01. The molecule has 1 nitrogen and oxygen atoms in total. The van der Waals surface area contributed by atoms with Crippen LogP contribution in [0.2, 0.25) is 19.6 Å². The second-order valence-corrected chi connectivity index (χ2v) is 9.38. The Balaban J connectivity index is 3.88. The summed E-state index contributed by atoms with van der Waals surface area (Å²) in [5.74, 6) is 0.427. The van der Waals surface area contributed by atoms with Gasteiger partial charge in [0.2, 0.25) is 0 Å². The lowest BCUT2D eigenvalue weighted by molar-refractivity contribution is 0.193. The van der Waals surface area contributed by atoms with Crippen molar-refractivity contribution in [3.05, 3.63) is 0 Å². The largest absolute Gasteiger partial charge is 0.396 e. The van der Waals surface area contributed by atoms with Gasteiger partial charge in [-0.2, -0.15) is 0 Å². The molecule has 0 aliphatic heterocycles. The smallest absolute Gasteiger partial charge is 0.0784 e. The molecule has 1 atom stereocenters. The lowest BCUT2D eigenvalue weighted by Crippen LogP contribution is -2.41. The molecule has 0 amide bonds. The standard InChI is InChI=1S/C7H18OSi/c1-6(2)7(8)9(3,4)5/h6-8H,1-5H3. The van der Waals surface area contributed by atoms with Gasteiger partial charge in [-0.3, -0.25) is 0 Å². The second kappa shape index (κ2) is 2.84. The SMILES string of the molecule is CC(C)C(O)[Si](C)(C)C. The molecule has 0 fully saturated rings. The monoisotopic (exact) mass is 146 g/mol. The van der Waals surface area contributed by atoms with Crippen LogP contribution in [0.15, 0.2) is 0 Å². The first-order chi connectivity index (χ1) is 3.85. The molecule has 9 heavy (non-hydrogen) atoms. The van der Waals surface area contributed by atoms with Gasteiger partial charge in [0, 0.05) is 5.73 Å². The quantitative estimate of drug-likeness (QED) is 0.590. The fourth-order valence-electron chi connectivity index (χ4n) is 1.00.